The molecule has 1 atom stereocenters. The maximum Gasteiger partial charge on any atom is 0.228 e. The van der Waals surface area contributed by atoms with Crippen LogP contribution in [0.3, 0.4) is 0 Å². The number of benzene rings is 4. The molecule has 0 spiro atoms. The molecule has 32 heavy (non-hydrogen) atoms. The number of rotatable bonds is 5. The second-order valence-corrected chi connectivity index (χ2v) is 8.06. The molecule has 1 heterocycles. The Morgan fingerprint density at radius 3 is 2.38 bits per heavy atom. The van der Waals surface area contributed by atoms with E-state index >= 15 is 0 Å². The van der Waals surface area contributed by atoms with Crippen molar-refractivity contribution in [3.05, 3.63) is 102 Å². The Kier molecular flexibility index (Phi) is 5.28. The average Bonchev–Trinajstić information content (AvgIpc) is 2.85. The lowest BCUT2D eigenvalue weighted by Crippen LogP contribution is -2.36. The summed E-state index contributed by atoms with van der Waals surface area (Å²) in [5, 5.41) is 2.35. The van der Waals surface area contributed by atoms with Crippen LogP contribution in [0, 0.1) is 0 Å². The molecule has 160 valence electrons. The number of hydrogen-bond donors (Lipinski definition) is 0. The Bertz CT molecular complexity index is 1280. The first-order valence-electron chi connectivity index (χ1n) is 10.8. The molecule has 5 rings (SSSR count). The predicted octanol–water partition coefficient (Wildman–Crippen LogP) is 5.93. The topological polar surface area (TPSA) is 38.8 Å². The highest BCUT2D eigenvalue weighted by molar-refractivity contribution is 6.03. The molecular weight excluding hydrogens is 398 g/mol. The van der Waals surface area contributed by atoms with Gasteiger partial charge >= 0.3 is 0 Å². The van der Waals surface area contributed by atoms with Gasteiger partial charge in [0.2, 0.25) is 5.91 Å². The monoisotopic (exact) mass is 423 g/mol. The molecule has 1 aliphatic rings. The molecule has 4 nitrogen and oxygen atoms in total. The Hall–Kier alpha value is -3.79. The molecule has 0 saturated carbocycles. The third-order valence-corrected chi connectivity index (χ3v) is 6.26. The number of hydrogen-bond acceptors (Lipinski definition) is 3. The summed E-state index contributed by atoms with van der Waals surface area (Å²) in [6.07, 6.45) is 0.406. The van der Waals surface area contributed by atoms with Crippen molar-refractivity contribution in [3.63, 3.8) is 0 Å². The molecule has 0 bridgehead atoms. The van der Waals surface area contributed by atoms with Gasteiger partial charge in [-0.05, 0) is 45.7 Å². The van der Waals surface area contributed by atoms with Crippen LogP contribution in [0.1, 0.15) is 29.0 Å². The molecular formula is C28H25NO3. The summed E-state index contributed by atoms with van der Waals surface area (Å²) < 4.78 is 11.0. The van der Waals surface area contributed by atoms with E-state index in [1.807, 2.05) is 41.3 Å². The largest absolute Gasteiger partial charge is 0.493 e. The summed E-state index contributed by atoms with van der Waals surface area (Å²) in [6.45, 7) is 0.559. The molecule has 4 aromatic carbocycles. The number of anilines is 1. The van der Waals surface area contributed by atoms with Gasteiger partial charge in [-0.2, -0.15) is 0 Å². The van der Waals surface area contributed by atoms with Crippen LogP contribution in [0.25, 0.3) is 10.8 Å². The Morgan fingerprint density at radius 1 is 0.844 bits per heavy atom. The van der Waals surface area contributed by atoms with Crippen LogP contribution in [0.15, 0.2) is 84.9 Å². The van der Waals surface area contributed by atoms with Crippen molar-refractivity contribution < 1.29 is 14.3 Å². The normalized spacial score (nSPS) is 15.5. The van der Waals surface area contributed by atoms with Gasteiger partial charge in [0.15, 0.2) is 11.5 Å². The molecule has 1 amide bonds. The van der Waals surface area contributed by atoms with E-state index in [4.69, 9.17) is 9.47 Å². The SMILES string of the molecule is COc1ccc(C2CC(=O)N(Cc3ccccc3)c3ccc4ccccc4c32)cc1OC. The number of amides is 1. The minimum atomic E-state index is -0.0598. The van der Waals surface area contributed by atoms with Crippen LogP contribution in [0.2, 0.25) is 0 Å². The van der Waals surface area contributed by atoms with Gasteiger partial charge in [0.1, 0.15) is 0 Å². The number of carbonyl (C=O) groups excluding carboxylic acids is 1. The number of fused-ring (bicyclic) bond motifs is 3. The number of ether oxygens (including phenoxy) is 2. The van der Waals surface area contributed by atoms with Gasteiger partial charge in [0, 0.05) is 18.0 Å². The highest BCUT2D eigenvalue weighted by Crippen LogP contribution is 2.45. The van der Waals surface area contributed by atoms with Crippen molar-refractivity contribution >= 4 is 22.4 Å². The predicted molar refractivity (Wildman–Crippen MR) is 128 cm³/mol. The highest BCUT2D eigenvalue weighted by atomic mass is 16.5. The molecule has 0 fully saturated rings. The summed E-state index contributed by atoms with van der Waals surface area (Å²) in [4.78, 5) is 15.4. The first-order valence-corrected chi connectivity index (χ1v) is 10.8. The van der Waals surface area contributed by atoms with E-state index < -0.39 is 0 Å². The van der Waals surface area contributed by atoms with Gasteiger partial charge < -0.3 is 14.4 Å². The van der Waals surface area contributed by atoms with Gasteiger partial charge in [-0.3, -0.25) is 4.79 Å². The lowest BCUT2D eigenvalue weighted by molar-refractivity contribution is -0.119. The second kappa shape index (κ2) is 8.39. The molecule has 0 aliphatic carbocycles. The van der Waals surface area contributed by atoms with Crippen LogP contribution < -0.4 is 14.4 Å². The molecule has 0 N–H and O–H groups in total. The van der Waals surface area contributed by atoms with Crippen molar-refractivity contribution in [2.24, 2.45) is 0 Å². The van der Waals surface area contributed by atoms with Crippen molar-refractivity contribution in [3.8, 4) is 11.5 Å². The summed E-state index contributed by atoms with van der Waals surface area (Å²) in [6, 6.07) is 28.7. The average molecular weight is 424 g/mol. The molecule has 1 unspecified atom stereocenters. The zero-order chi connectivity index (χ0) is 22.1. The van der Waals surface area contributed by atoms with E-state index in [9.17, 15) is 4.79 Å². The lowest BCUT2D eigenvalue weighted by Gasteiger charge is -2.35. The molecule has 0 aromatic heterocycles. The number of carbonyl (C=O) groups is 1. The Morgan fingerprint density at radius 2 is 1.59 bits per heavy atom. The Balaban J connectivity index is 1.68. The lowest BCUT2D eigenvalue weighted by atomic mass is 9.81. The second-order valence-electron chi connectivity index (χ2n) is 8.06. The molecule has 4 aromatic rings. The minimum absolute atomic E-state index is 0.0598. The number of methoxy groups -OCH3 is 2. The van der Waals surface area contributed by atoms with Crippen molar-refractivity contribution in [2.75, 3.05) is 19.1 Å². The van der Waals surface area contributed by atoms with Crippen LogP contribution in [-0.4, -0.2) is 20.1 Å². The van der Waals surface area contributed by atoms with E-state index in [2.05, 4.69) is 48.5 Å². The summed E-state index contributed by atoms with van der Waals surface area (Å²) in [5.41, 5.74) is 4.33. The fourth-order valence-electron chi connectivity index (χ4n) is 4.70. The zero-order valence-electron chi connectivity index (χ0n) is 18.2. The van der Waals surface area contributed by atoms with Crippen LogP contribution in [0.5, 0.6) is 11.5 Å². The molecule has 1 aliphatic heterocycles. The van der Waals surface area contributed by atoms with Gasteiger partial charge in [-0.15, -0.1) is 0 Å². The first kappa shape index (κ1) is 20.1. The highest BCUT2D eigenvalue weighted by Gasteiger charge is 2.34. The van der Waals surface area contributed by atoms with Crippen molar-refractivity contribution in [1.82, 2.24) is 0 Å². The molecule has 0 radical (unpaired) electrons. The van der Waals surface area contributed by atoms with Gasteiger partial charge in [-0.25, -0.2) is 0 Å². The van der Waals surface area contributed by atoms with Crippen molar-refractivity contribution in [2.45, 2.75) is 18.9 Å². The van der Waals surface area contributed by atoms with E-state index in [1.165, 1.54) is 16.3 Å². The van der Waals surface area contributed by atoms with E-state index in [0.29, 0.717) is 24.5 Å². The molecule has 4 heteroatoms. The number of nitrogens with zero attached hydrogens (tertiary/aromatic N) is 1. The van der Waals surface area contributed by atoms with Crippen LogP contribution in [-0.2, 0) is 11.3 Å². The first-order chi connectivity index (χ1) is 15.7. The van der Waals surface area contributed by atoms with E-state index in [-0.39, 0.29) is 11.8 Å². The van der Waals surface area contributed by atoms with Crippen molar-refractivity contribution in [1.29, 1.82) is 0 Å². The fourth-order valence-corrected chi connectivity index (χ4v) is 4.70. The Labute approximate surface area is 188 Å². The zero-order valence-corrected chi connectivity index (χ0v) is 18.2. The van der Waals surface area contributed by atoms with E-state index in [0.717, 1.165) is 16.8 Å². The minimum Gasteiger partial charge on any atom is -0.493 e. The van der Waals surface area contributed by atoms with Gasteiger partial charge in [0.25, 0.3) is 0 Å². The summed E-state index contributed by atoms with van der Waals surface area (Å²) >= 11 is 0. The standard InChI is InChI=1S/C28H25NO3/c1-31-25-15-13-21(16-26(25)32-2)23-17-27(30)29(18-19-8-4-3-5-9-19)24-14-12-20-10-6-7-11-22(20)28(23)24/h3-16,23H,17-18H2,1-2H3. The van der Waals surface area contributed by atoms with Gasteiger partial charge in [-0.1, -0.05) is 66.7 Å². The maximum atomic E-state index is 13.4. The van der Waals surface area contributed by atoms with Crippen LogP contribution in [0.4, 0.5) is 5.69 Å². The smallest absolute Gasteiger partial charge is 0.228 e. The third-order valence-electron chi connectivity index (χ3n) is 6.26. The third kappa shape index (κ3) is 3.48. The fraction of sp³-hybridized carbons (Fsp3) is 0.179. The summed E-state index contributed by atoms with van der Waals surface area (Å²) in [7, 11) is 3.27. The molecule has 0 saturated heterocycles. The quantitative estimate of drug-likeness (QED) is 0.400. The summed E-state index contributed by atoms with van der Waals surface area (Å²) in [5.74, 6) is 1.42. The van der Waals surface area contributed by atoms with E-state index in [1.54, 1.807) is 14.2 Å². The van der Waals surface area contributed by atoms with Gasteiger partial charge in [0.05, 0.1) is 20.8 Å². The van der Waals surface area contributed by atoms with Crippen LogP contribution >= 0.6 is 0 Å². The maximum absolute atomic E-state index is 13.4.